The Morgan fingerprint density at radius 2 is 2.08 bits per heavy atom. The molecule has 6 nitrogen and oxygen atoms in total. The van der Waals surface area contributed by atoms with Crippen molar-refractivity contribution in [1.82, 2.24) is 14.9 Å². The molecule has 6 heteroatoms. The molecule has 2 aromatic rings. The number of nitriles is 1. The van der Waals surface area contributed by atoms with Crippen molar-refractivity contribution in [3.05, 3.63) is 41.7 Å². The van der Waals surface area contributed by atoms with Crippen LogP contribution in [0.3, 0.4) is 0 Å². The van der Waals surface area contributed by atoms with E-state index in [0.717, 1.165) is 44.9 Å². The highest BCUT2D eigenvalue weighted by Gasteiger charge is 2.32. The van der Waals surface area contributed by atoms with Gasteiger partial charge in [0.25, 0.3) is 0 Å². The second kappa shape index (κ2) is 6.25. The van der Waals surface area contributed by atoms with Gasteiger partial charge < -0.3 is 9.32 Å². The molecule has 3 heterocycles. The molecule has 2 aliphatic rings. The largest absolute Gasteiger partial charge is 0.423 e. The predicted molar refractivity (Wildman–Crippen MR) is 89.6 cm³/mol. The second-order valence-electron chi connectivity index (χ2n) is 6.58. The third kappa shape index (κ3) is 2.87. The van der Waals surface area contributed by atoms with Gasteiger partial charge in [0.15, 0.2) is 0 Å². The monoisotopic (exact) mass is 323 g/mol. The van der Waals surface area contributed by atoms with Crippen LogP contribution >= 0.6 is 0 Å². The van der Waals surface area contributed by atoms with Crippen molar-refractivity contribution in [2.24, 2.45) is 0 Å². The van der Waals surface area contributed by atoms with Gasteiger partial charge in [0.1, 0.15) is 6.07 Å². The van der Waals surface area contributed by atoms with Crippen molar-refractivity contribution in [1.29, 1.82) is 5.26 Å². The highest BCUT2D eigenvalue weighted by Crippen LogP contribution is 2.41. The van der Waals surface area contributed by atoms with Crippen molar-refractivity contribution < 1.29 is 4.42 Å². The first-order chi connectivity index (χ1) is 11.8. The molecule has 0 amide bonds. The standard InChI is InChI=1S/C18H21N5O/c1-13(15-3-2-6-20-12-15)22-7-9-23(10-8-22)18-16(11-19)21-17(24-18)14-4-5-14/h2-3,6,12-14H,4-5,7-10H2,1H3/t13-/m1/s1. The Balaban J connectivity index is 1.44. The summed E-state index contributed by atoms with van der Waals surface area (Å²) in [7, 11) is 0. The van der Waals surface area contributed by atoms with E-state index in [1.165, 1.54) is 5.56 Å². The maximum Gasteiger partial charge on any atom is 0.234 e. The molecule has 4 rings (SSSR count). The average Bonchev–Trinajstić information content (AvgIpc) is 3.41. The van der Waals surface area contributed by atoms with Crippen LogP contribution in [-0.4, -0.2) is 41.0 Å². The zero-order valence-corrected chi connectivity index (χ0v) is 13.9. The van der Waals surface area contributed by atoms with Gasteiger partial charge in [0.05, 0.1) is 0 Å². The smallest absolute Gasteiger partial charge is 0.234 e. The summed E-state index contributed by atoms with van der Waals surface area (Å²) < 4.78 is 5.91. The molecule has 2 aromatic heterocycles. The molecule has 1 atom stereocenters. The predicted octanol–water partition coefficient (Wildman–Crippen LogP) is 2.70. The van der Waals surface area contributed by atoms with E-state index in [1.54, 1.807) is 6.20 Å². The first kappa shape index (κ1) is 15.2. The van der Waals surface area contributed by atoms with Crippen LogP contribution in [0.2, 0.25) is 0 Å². The zero-order chi connectivity index (χ0) is 16.5. The van der Waals surface area contributed by atoms with Crippen LogP contribution in [0.15, 0.2) is 28.9 Å². The van der Waals surface area contributed by atoms with Crippen LogP contribution in [0.5, 0.6) is 0 Å². The van der Waals surface area contributed by atoms with Gasteiger partial charge in [0.2, 0.25) is 17.5 Å². The number of hydrogen-bond donors (Lipinski definition) is 0. The van der Waals surface area contributed by atoms with Crippen molar-refractivity contribution in [2.45, 2.75) is 31.7 Å². The molecule has 0 aromatic carbocycles. The van der Waals surface area contributed by atoms with Gasteiger partial charge in [-0.15, -0.1) is 0 Å². The highest BCUT2D eigenvalue weighted by atomic mass is 16.4. The molecule has 1 saturated carbocycles. The Morgan fingerprint density at radius 1 is 1.29 bits per heavy atom. The summed E-state index contributed by atoms with van der Waals surface area (Å²) in [6.45, 7) is 5.77. The Morgan fingerprint density at radius 3 is 2.71 bits per heavy atom. The minimum absolute atomic E-state index is 0.341. The van der Waals surface area contributed by atoms with Gasteiger partial charge in [-0.3, -0.25) is 9.88 Å². The second-order valence-corrected chi connectivity index (χ2v) is 6.58. The number of oxazole rings is 1. The minimum atomic E-state index is 0.341. The van der Waals surface area contributed by atoms with Crippen LogP contribution in [0.25, 0.3) is 0 Å². The zero-order valence-electron chi connectivity index (χ0n) is 13.9. The maximum atomic E-state index is 9.34. The molecule has 0 spiro atoms. The van der Waals surface area contributed by atoms with Crippen molar-refractivity contribution >= 4 is 5.88 Å². The topological polar surface area (TPSA) is 69.2 Å². The fraction of sp³-hybridized carbons (Fsp3) is 0.500. The number of rotatable bonds is 4. The fourth-order valence-corrected chi connectivity index (χ4v) is 3.27. The van der Waals surface area contributed by atoms with Crippen LogP contribution < -0.4 is 4.90 Å². The van der Waals surface area contributed by atoms with E-state index >= 15 is 0 Å². The van der Waals surface area contributed by atoms with E-state index in [1.807, 2.05) is 12.3 Å². The summed E-state index contributed by atoms with van der Waals surface area (Å²) in [6.07, 6.45) is 5.99. The number of anilines is 1. The molecule has 0 unspecified atom stereocenters. The van der Waals surface area contributed by atoms with Crippen molar-refractivity contribution in [2.75, 3.05) is 31.1 Å². The van der Waals surface area contributed by atoms with Gasteiger partial charge in [-0.1, -0.05) is 6.07 Å². The van der Waals surface area contributed by atoms with E-state index in [-0.39, 0.29) is 0 Å². The fourth-order valence-electron chi connectivity index (χ4n) is 3.27. The van der Waals surface area contributed by atoms with E-state index in [9.17, 15) is 5.26 Å². The summed E-state index contributed by atoms with van der Waals surface area (Å²) in [5.74, 6) is 1.83. The number of nitrogens with zero attached hydrogens (tertiary/aromatic N) is 5. The Bertz CT molecular complexity index is 739. The van der Waals surface area contributed by atoms with Crippen LogP contribution in [0, 0.1) is 11.3 Å². The van der Waals surface area contributed by atoms with Crippen LogP contribution in [-0.2, 0) is 0 Å². The maximum absolute atomic E-state index is 9.34. The van der Waals surface area contributed by atoms with Gasteiger partial charge in [-0.05, 0) is 31.4 Å². The third-order valence-electron chi connectivity index (χ3n) is 4.97. The van der Waals surface area contributed by atoms with E-state index < -0.39 is 0 Å². The Kier molecular flexibility index (Phi) is 3.95. The van der Waals surface area contributed by atoms with Crippen molar-refractivity contribution in [3.8, 4) is 6.07 Å². The van der Waals surface area contributed by atoms with Gasteiger partial charge >= 0.3 is 0 Å². The molecule has 2 fully saturated rings. The number of piperazine rings is 1. The van der Waals surface area contributed by atoms with Crippen LogP contribution in [0.4, 0.5) is 5.88 Å². The summed E-state index contributed by atoms with van der Waals surface area (Å²) in [5, 5.41) is 9.34. The quantitative estimate of drug-likeness (QED) is 0.861. The minimum Gasteiger partial charge on any atom is -0.423 e. The van der Waals surface area contributed by atoms with E-state index in [2.05, 4.69) is 38.8 Å². The molecule has 24 heavy (non-hydrogen) atoms. The lowest BCUT2D eigenvalue weighted by Crippen LogP contribution is -2.47. The average molecular weight is 323 g/mol. The highest BCUT2D eigenvalue weighted by molar-refractivity contribution is 5.48. The molecule has 1 aliphatic carbocycles. The Labute approximate surface area is 141 Å². The molecule has 1 saturated heterocycles. The van der Waals surface area contributed by atoms with Crippen molar-refractivity contribution in [3.63, 3.8) is 0 Å². The summed E-state index contributed by atoms with van der Waals surface area (Å²) in [6, 6.07) is 6.63. The molecular formula is C18H21N5O. The summed E-state index contributed by atoms with van der Waals surface area (Å²) in [5.41, 5.74) is 1.67. The molecular weight excluding hydrogens is 302 g/mol. The molecule has 0 bridgehead atoms. The molecule has 124 valence electrons. The number of hydrogen-bond acceptors (Lipinski definition) is 6. The number of pyridine rings is 1. The van der Waals surface area contributed by atoms with E-state index in [0.29, 0.717) is 23.5 Å². The first-order valence-electron chi connectivity index (χ1n) is 8.56. The summed E-state index contributed by atoms with van der Waals surface area (Å²) >= 11 is 0. The van der Waals surface area contributed by atoms with E-state index in [4.69, 9.17) is 4.42 Å². The molecule has 0 radical (unpaired) electrons. The SMILES string of the molecule is C[C@H](c1cccnc1)N1CCN(c2oc(C3CC3)nc2C#N)CC1. The normalized spacial score (nSPS) is 19.9. The lowest BCUT2D eigenvalue weighted by molar-refractivity contribution is 0.195. The molecule has 0 N–H and O–H groups in total. The van der Waals surface area contributed by atoms with Gasteiger partial charge in [-0.25, -0.2) is 4.98 Å². The third-order valence-corrected chi connectivity index (χ3v) is 4.97. The Hall–Kier alpha value is -2.39. The van der Waals surface area contributed by atoms with Gasteiger partial charge in [-0.2, -0.15) is 5.26 Å². The summed E-state index contributed by atoms with van der Waals surface area (Å²) in [4.78, 5) is 13.2. The first-order valence-corrected chi connectivity index (χ1v) is 8.56. The van der Waals surface area contributed by atoms with Crippen LogP contribution in [0.1, 0.15) is 48.9 Å². The van der Waals surface area contributed by atoms with Gasteiger partial charge in [0, 0.05) is 50.5 Å². The lowest BCUT2D eigenvalue weighted by atomic mass is 10.1. The lowest BCUT2D eigenvalue weighted by Gasteiger charge is -2.37. The molecule has 1 aliphatic heterocycles. The number of aromatic nitrogens is 2.